The molecule has 0 saturated carbocycles. The zero-order chi connectivity index (χ0) is 22.7. The van der Waals surface area contributed by atoms with Gasteiger partial charge in [-0.15, -0.1) is 0 Å². The Morgan fingerprint density at radius 3 is 2.48 bits per heavy atom. The number of anilines is 1. The zero-order valence-corrected chi connectivity index (χ0v) is 17.4. The van der Waals surface area contributed by atoms with Crippen LogP contribution in [0.3, 0.4) is 0 Å². The van der Waals surface area contributed by atoms with E-state index in [2.05, 4.69) is 11.1 Å². The Morgan fingerprint density at radius 1 is 1.35 bits per heavy atom. The first-order valence-corrected chi connectivity index (χ1v) is 10.4. The van der Waals surface area contributed by atoms with E-state index in [1.807, 2.05) is 6.07 Å². The van der Waals surface area contributed by atoms with Crippen LogP contribution in [0.1, 0.15) is 40.8 Å². The lowest BCUT2D eigenvalue weighted by Gasteiger charge is -2.23. The maximum absolute atomic E-state index is 14.4. The van der Waals surface area contributed by atoms with Crippen LogP contribution in [-0.4, -0.2) is 35.2 Å². The van der Waals surface area contributed by atoms with Crippen LogP contribution in [0.25, 0.3) is 0 Å². The quantitative estimate of drug-likeness (QED) is 0.657. The number of primary amides is 1. The molecule has 2 aromatic rings. The molecular weight excluding hydrogens is 424 g/mol. The van der Waals surface area contributed by atoms with Crippen molar-refractivity contribution in [2.24, 2.45) is 5.73 Å². The van der Waals surface area contributed by atoms with Crippen LogP contribution in [0.2, 0.25) is 0 Å². The Balaban J connectivity index is 2.18. The number of benzene rings is 1. The summed E-state index contributed by atoms with van der Waals surface area (Å²) in [5.74, 6) is -2.63. The van der Waals surface area contributed by atoms with Crippen molar-refractivity contribution in [3.05, 3.63) is 52.1 Å². The fourth-order valence-electron chi connectivity index (χ4n) is 3.56. The molecule has 0 spiro atoms. The Bertz CT molecular complexity index is 1090. The molecule has 0 bridgehead atoms. The summed E-state index contributed by atoms with van der Waals surface area (Å²) in [4.78, 5) is 18.3. The highest BCUT2D eigenvalue weighted by Gasteiger charge is 2.32. The third kappa shape index (κ3) is 4.31. The Morgan fingerprint density at radius 2 is 2.00 bits per heavy atom. The number of carbonyl (C=O) groups excluding carboxylic acids is 1. The molecule has 160 valence electrons. The van der Waals surface area contributed by atoms with Gasteiger partial charge in [0, 0.05) is 18.7 Å². The van der Waals surface area contributed by atoms with Crippen LogP contribution in [-0.2, 0) is 11.2 Å². The number of hydrogen-bond donors (Lipinski definition) is 2. The Kier molecular flexibility index (Phi) is 6.74. The first-order chi connectivity index (χ1) is 14.8. The summed E-state index contributed by atoms with van der Waals surface area (Å²) in [7, 11) is 0. The number of nitriles is 2. The zero-order valence-electron chi connectivity index (χ0n) is 16.6. The first-order valence-electron chi connectivity index (χ1n) is 9.52. The summed E-state index contributed by atoms with van der Waals surface area (Å²) >= 11 is 0.665. The standard InChI is InChI=1S/C21H19F2N5O2S/c1-2-12-13(8-24)20(28-7-6-11(29)10-28)27-21(14(12)9-25)31-18(19(26)30)17-15(22)4-3-5-16(17)23/h3-5,11,18,29H,2,6-7,10H2,1H3,(H2,26,30). The molecule has 1 fully saturated rings. The maximum Gasteiger partial charge on any atom is 0.235 e. The predicted molar refractivity (Wildman–Crippen MR) is 110 cm³/mol. The van der Waals surface area contributed by atoms with Crippen LogP contribution >= 0.6 is 11.8 Å². The van der Waals surface area contributed by atoms with Gasteiger partial charge in [0.05, 0.1) is 17.2 Å². The summed E-state index contributed by atoms with van der Waals surface area (Å²) in [5, 5.41) is 27.9. The number of carbonyl (C=O) groups is 1. The molecule has 2 heterocycles. The van der Waals surface area contributed by atoms with Gasteiger partial charge in [0.15, 0.2) is 0 Å². The number of nitrogens with two attached hydrogens (primary N) is 1. The molecule has 1 aromatic carbocycles. The van der Waals surface area contributed by atoms with Crippen molar-refractivity contribution in [3.63, 3.8) is 0 Å². The largest absolute Gasteiger partial charge is 0.391 e. The maximum atomic E-state index is 14.4. The van der Waals surface area contributed by atoms with Gasteiger partial charge in [-0.1, -0.05) is 24.8 Å². The third-order valence-electron chi connectivity index (χ3n) is 5.04. The third-order valence-corrected chi connectivity index (χ3v) is 6.26. The predicted octanol–water partition coefficient (Wildman–Crippen LogP) is 2.56. The van der Waals surface area contributed by atoms with E-state index in [0.29, 0.717) is 36.7 Å². The Labute approximate surface area is 182 Å². The lowest BCUT2D eigenvalue weighted by atomic mass is 10.0. The van der Waals surface area contributed by atoms with E-state index >= 15 is 0 Å². The minimum atomic E-state index is -1.48. The summed E-state index contributed by atoms with van der Waals surface area (Å²) in [6, 6.07) is 7.28. The number of aliphatic hydroxyl groups excluding tert-OH is 1. The normalized spacial score (nSPS) is 16.6. The van der Waals surface area contributed by atoms with E-state index in [1.54, 1.807) is 11.8 Å². The Hall–Kier alpha value is -3.21. The number of rotatable bonds is 6. The number of β-amino-alcohol motifs (C(OH)–C–C–N with tert-alkyl or cyclic N) is 1. The lowest BCUT2D eigenvalue weighted by Crippen LogP contribution is -2.25. The van der Waals surface area contributed by atoms with Crippen LogP contribution < -0.4 is 10.6 Å². The highest BCUT2D eigenvalue weighted by Crippen LogP contribution is 2.41. The van der Waals surface area contributed by atoms with Crippen molar-refractivity contribution in [2.45, 2.75) is 36.1 Å². The highest BCUT2D eigenvalue weighted by molar-refractivity contribution is 8.00. The minimum Gasteiger partial charge on any atom is -0.391 e. The number of pyridine rings is 1. The van der Waals surface area contributed by atoms with E-state index in [1.165, 1.54) is 6.07 Å². The average Bonchev–Trinajstić information content (AvgIpc) is 3.17. The summed E-state index contributed by atoms with van der Waals surface area (Å²) < 4.78 is 28.7. The van der Waals surface area contributed by atoms with Gasteiger partial charge in [-0.25, -0.2) is 13.8 Å². The van der Waals surface area contributed by atoms with Crippen LogP contribution in [0.4, 0.5) is 14.6 Å². The highest BCUT2D eigenvalue weighted by atomic mass is 32.2. The molecule has 10 heteroatoms. The molecule has 3 rings (SSSR count). The lowest BCUT2D eigenvalue weighted by molar-refractivity contribution is -0.117. The summed E-state index contributed by atoms with van der Waals surface area (Å²) in [6.45, 7) is 2.46. The number of hydrogen-bond acceptors (Lipinski definition) is 7. The molecule has 1 amide bonds. The van der Waals surface area contributed by atoms with Gasteiger partial charge in [0.25, 0.3) is 0 Å². The fourth-order valence-corrected chi connectivity index (χ4v) is 4.67. The van der Waals surface area contributed by atoms with Gasteiger partial charge in [0.1, 0.15) is 39.9 Å². The SMILES string of the molecule is CCc1c(C#N)c(SC(C(N)=O)c2c(F)cccc2F)nc(N2CCC(O)C2)c1C#N. The van der Waals surface area contributed by atoms with Crippen molar-refractivity contribution in [2.75, 3.05) is 18.0 Å². The van der Waals surface area contributed by atoms with E-state index in [0.717, 1.165) is 12.1 Å². The molecule has 7 nitrogen and oxygen atoms in total. The van der Waals surface area contributed by atoms with Gasteiger partial charge in [-0.3, -0.25) is 4.79 Å². The number of amides is 1. The smallest absolute Gasteiger partial charge is 0.235 e. The van der Waals surface area contributed by atoms with Crippen molar-refractivity contribution in [1.82, 2.24) is 4.98 Å². The molecule has 1 saturated heterocycles. The van der Waals surface area contributed by atoms with Gasteiger partial charge in [-0.05, 0) is 30.5 Å². The van der Waals surface area contributed by atoms with Crippen LogP contribution in [0.5, 0.6) is 0 Å². The van der Waals surface area contributed by atoms with E-state index < -0.39 is 34.5 Å². The topological polar surface area (TPSA) is 127 Å². The molecule has 31 heavy (non-hydrogen) atoms. The monoisotopic (exact) mass is 443 g/mol. The minimum absolute atomic E-state index is 0.0428. The molecule has 1 aliphatic rings. The van der Waals surface area contributed by atoms with Gasteiger partial charge in [-0.2, -0.15) is 10.5 Å². The number of thioether (sulfide) groups is 1. The average molecular weight is 443 g/mol. The van der Waals surface area contributed by atoms with E-state index in [4.69, 9.17) is 5.73 Å². The van der Waals surface area contributed by atoms with E-state index in [9.17, 15) is 29.2 Å². The fraction of sp³-hybridized carbons (Fsp3) is 0.333. The van der Waals surface area contributed by atoms with Gasteiger partial charge in [0.2, 0.25) is 5.91 Å². The van der Waals surface area contributed by atoms with Crippen LogP contribution in [0.15, 0.2) is 23.2 Å². The summed E-state index contributed by atoms with van der Waals surface area (Å²) in [5.41, 5.74) is 5.59. The molecule has 0 radical (unpaired) electrons. The second-order valence-corrected chi connectivity index (χ2v) is 8.06. The van der Waals surface area contributed by atoms with Crippen molar-refractivity contribution < 1.29 is 18.7 Å². The summed E-state index contributed by atoms with van der Waals surface area (Å²) in [6.07, 6.45) is 0.220. The number of halogens is 2. The molecule has 1 aromatic heterocycles. The number of aromatic nitrogens is 1. The van der Waals surface area contributed by atoms with Crippen LogP contribution in [0, 0.1) is 34.3 Å². The molecule has 2 atom stereocenters. The second-order valence-electron chi connectivity index (χ2n) is 6.97. The van der Waals surface area contributed by atoms with Gasteiger partial charge >= 0.3 is 0 Å². The van der Waals surface area contributed by atoms with E-state index in [-0.39, 0.29) is 28.5 Å². The second kappa shape index (κ2) is 9.29. The van der Waals surface area contributed by atoms with Crippen molar-refractivity contribution in [3.8, 4) is 12.1 Å². The van der Waals surface area contributed by atoms with Gasteiger partial charge < -0.3 is 15.7 Å². The number of aliphatic hydroxyl groups is 1. The van der Waals surface area contributed by atoms with Crippen molar-refractivity contribution in [1.29, 1.82) is 10.5 Å². The first kappa shape index (κ1) is 22.5. The molecule has 2 unspecified atom stereocenters. The molecule has 3 N–H and O–H groups in total. The molecule has 0 aliphatic carbocycles. The molecule has 1 aliphatic heterocycles. The number of nitrogens with zero attached hydrogens (tertiary/aromatic N) is 4. The van der Waals surface area contributed by atoms with Crippen molar-refractivity contribution >= 4 is 23.5 Å². The molecular formula is C21H19F2N5O2S.